The molecule has 4 nitrogen and oxygen atoms in total. The van der Waals surface area contributed by atoms with Gasteiger partial charge in [0.15, 0.2) is 0 Å². The van der Waals surface area contributed by atoms with E-state index in [1.165, 1.54) is 0 Å². The number of nitrogens with one attached hydrogen (secondary N) is 1. The van der Waals surface area contributed by atoms with Crippen molar-refractivity contribution in [1.29, 1.82) is 0 Å². The van der Waals surface area contributed by atoms with Crippen molar-refractivity contribution in [2.75, 3.05) is 25.6 Å². The second-order valence-corrected chi connectivity index (χ2v) is 3.86. The lowest BCUT2D eigenvalue weighted by Crippen LogP contribution is -2.16. The third kappa shape index (κ3) is 3.73. The number of ether oxygens (including phenoxy) is 2. The second kappa shape index (κ2) is 6.37. The van der Waals surface area contributed by atoms with Crippen molar-refractivity contribution < 1.29 is 14.3 Å². The van der Waals surface area contributed by atoms with Crippen LogP contribution in [0.3, 0.4) is 0 Å². The summed E-state index contributed by atoms with van der Waals surface area (Å²) in [7, 11) is 1.59. The lowest BCUT2D eigenvalue weighted by atomic mass is 10.3. The maximum Gasteiger partial charge on any atom is 0.325 e. The average Bonchev–Trinajstić information content (AvgIpc) is 2.28. The molecule has 1 rings (SSSR count). The SMILES string of the molecule is CCOC(=O)CNc1ccc(Br)c(OC)c1. The maximum atomic E-state index is 11.1. The molecule has 0 amide bonds. The highest BCUT2D eigenvalue weighted by Crippen LogP contribution is 2.27. The van der Waals surface area contributed by atoms with Crippen molar-refractivity contribution in [3.05, 3.63) is 22.7 Å². The Kier molecular flexibility index (Phi) is 5.11. The fourth-order valence-electron chi connectivity index (χ4n) is 1.16. The van der Waals surface area contributed by atoms with Gasteiger partial charge in [0.2, 0.25) is 0 Å². The first-order chi connectivity index (χ1) is 7.67. The predicted octanol–water partition coefficient (Wildman–Crippen LogP) is 2.43. The van der Waals surface area contributed by atoms with E-state index in [2.05, 4.69) is 21.2 Å². The van der Waals surface area contributed by atoms with Gasteiger partial charge < -0.3 is 14.8 Å². The lowest BCUT2D eigenvalue weighted by Gasteiger charge is -2.08. The van der Waals surface area contributed by atoms with Crippen LogP contribution in [0.4, 0.5) is 5.69 Å². The second-order valence-electron chi connectivity index (χ2n) is 3.01. The first kappa shape index (κ1) is 12.8. The normalized spacial score (nSPS) is 9.69. The van der Waals surface area contributed by atoms with Crippen LogP contribution in [0.15, 0.2) is 22.7 Å². The number of rotatable bonds is 5. The van der Waals surface area contributed by atoms with Crippen LogP contribution in [0.5, 0.6) is 5.75 Å². The molecule has 0 saturated heterocycles. The summed E-state index contributed by atoms with van der Waals surface area (Å²) in [6.45, 7) is 2.32. The van der Waals surface area contributed by atoms with Crippen molar-refractivity contribution in [3.63, 3.8) is 0 Å². The molecule has 88 valence electrons. The van der Waals surface area contributed by atoms with E-state index in [0.29, 0.717) is 12.4 Å². The molecule has 0 radical (unpaired) electrons. The van der Waals surface area contributed by atoms with Gasteiger partial charge in [-0.05, 0) is 35.0 Å². The summed E-state index contributed by atoms with van der Waals surface area (Å²) in [6.07, 6.45) is 0. The first-order valence-electron chi connectivity index (χ1n) is 4.90. The average molecular weight is 288 g/mol. The number of anilines is 1. The molecule has 0 bridgehead atoms. The van der Waals surface area contributed by atoms with Gasteiger partial charge in [-0.2, -0.15) is 0 Å². The van der Waals surface area contributed by atoms with Gasteiger partial charge in [0.25, 0.3) is 0 Å². The minimum absolute atomic E-state index is 0.151. The molecule has 0 aliphatic rings. The molecule has 1 aromatic carbocycles. The van der Waals surface area contributed by atoms with E-state index in [1.807, 2.05) is 18.2 Å². The molecule has 1 N–H and O–H groups in total. The molecule has 0 fully saturated rings. The molecular formula is C11H14BrNO3. The molecule has 16 heavy (non-hydrogen) atoms. The molecule has 0 aromatic heterocycles. The molecule has 0 heterocycles. The zero-order valence-electron chi connectivity index (χ0n) is 9.25. The van der Waals surface area contributed by atoms with E-state index < -0.39 is 0 Å². The van der Waals surface area contributed by atoms with Crippen LogP contribution in [-0.2, 0) is 9.53 Å². The van der Waals surface area contributed by atoms with Crippen LogP contribution in [0.1, 0.15) is 6.92 Å². The van der Waals surface area contributed by atoms with E-state index in [0.717, 1.165) is 10.2 Å². The lowest BCUT2D eigenvalue weighted by molar-refractivity contribution is -0.140. The Bertz CT molecular complexity index is 368. The Labute approximate surface area is 103 Å². The Hall–Kier alpha value is -1.23. The molecule has 5 heteroatoms. The largest absolute Gasteiger partial charge is 0.495 e. The van der Waals surface area contributed by atoms with Crippen molar-refractivity contribution in [3.8, 4) is 5.75 Å². The van der Waals surface area contributed by atoms with Crippen LogP contribution in [0.2, 0.25) is 0 Å². The minimum atomic E-state index is -0.274. The smallest absolute Gasteiger partial charge is 0.325 e. The maximum absolute atomic E-state index is 11.1. The van der Waals surface area contributed by atoms with Crippen molar-refractivity contribution in [1.82, 2.24) is 0 Å². The van der Waals surface area contributed by atoms with Gasteiger partial charge >= 0.3 is 5.97 Å². The number of carbonyl (C=O) groups is 1. The number of hydrogen-bond acceptors (Lipinski definition) is 4. The highest BCUT2D eigenvalue weighted by atomic mass is 79.9. The Morgan fingerprint density at radius 3 is 2.88 bits per heavy atom. The highest BCUT2D eigenvalue weighted by Gasteiger charge is 2.04. The molecule has 1 aromatic rings. The van der Waals surface area contributed by atoms with E-state index in [4.69, 9.17) is 9.47 Å². The predicted molar refractivity (Wildman–Crippen MR) is 65.8 cm³/mol. The summed E-state index contributed by atoms with van der Waals surface area (Å²) >= 11 is 3.35. The quantitative estimate of drug-likeness (QED) is 0.845. The summed E-state index contributed by atoms with van der Waals surface area (Å²) in [6, 6.07) is 5.52. The number of esters is 1. The van der Waals surface area contributed by atoms with E-state index in [1.54, 1.807) is 14.0 Å². The van der Waals surface area contributed by atoms with Gasteiger partial charge in [-0.3, -0.25) is 4.79 Å². The Morgan fingerprint density at radius 1 is 1.50 bits per heavy atom. The third-order valence-electron chi connectivity index (χ3n) is 1.89. The fraction of sp³-hybridized carbons (Fsp3) is 0.364. The van der Waals surface area contributed by atoms with Gasteiger partial charge in [-0.15, -0.1) is 0 Å². The Balaban J connectivity index is 2.57. The van der Waals surface area contributed by atoms with Crippen molar-refractivity contribution in [2.24, 2.45) is 0 Å². The molecule has 0 saturated carbocycles. The van der Waals surface area contributed by atoms with Crippen LogP contribution < -0.4 is 10.1 Å². The molecule has 0 atom stereocenters. The summed E-state index contributed by atoms with van der Waals surface area (Å²) < 4.78 is 10.8. The molecular weight excluding hydrogens is 274 g/mol. The van der Waals surface area contributed by atoms with Crippen molar-refractivity contribution in [2.45, 2.75) is 6.92 Å². The zero-order valence-corrected chi connectivity index (χ0v) is 10.8. The van der Waals surface area contributed by atoms with Crippen LogP contribution in [0, 0.1) is 0 Å². The number of hydrogen-bond donors (Lipinski definition) is 1. The van der Waals surface area contributed by atoms with Crippen LogP contribution >= 0.6 is 15.9 Å². The van der Waals surface area contributed by atoms with Gasteiger partial charge in [-0.1, -0.05) is 0 Å². The number of carbonyl (C=O) groups excluding carboxylic acids is 1. The molecule has 0 unspecified atom stereocenters. The van der Waals surface area contributed by atoms with Gasteiger partial charge in [0.1, 0.15) is 12.3 Å². The minimum Gasteiger partial charge on any atom is -0.495 e. The fourth-order valence-corrected chi connectivity index (χ4v) is 1.56. The monoisotopic (exact) mass is 287 g/mol. The van der Waals surface area contributed by atoms with Gasteiger partial charge in [0, 0.05) is 11.8 Å². The zero-order chi connectivity index (χ0) is 12.0. The molecule has 0 aliphatic heterocycles. The summed E-state index contributed by atoms with van der Waals surface area (Å²) in [5.41, 5.74) is 0.813. The van der Waals surface area contributed by atoms with E-state index in [9.17, 15) is 4.79 Å². The number of methoxy groups -OCH3 is 1. The number of benzene rings is 1. The van der Waals surface area contributed by atoms with Gasteiger partial charge in [0.05, 0.1) is 18.2 Å². The topological polar surface area (TPSA) is 47.6 Å². The Morgan fingerprint density at radius 2 is 2.25 bits per heavy atom. The van der Waals surface area contributed by atoms with Crippen LogP contribution in [0.25, 0.3) is 0 Å². The molecule has 0 aliphatic carbocycles. The summed E-state index contributed by atoms with van der Waals surface area (Å²) in [4.78, 5) is 11.1. The molecule has 0 spiro atoms. The van der Waals surface area contributed by atoms with E-state index in [-0.39, 0.29) is 12.5 Å². The third-order valence-corrected chi connectivity index (χ3v) is 2.55. The summed E-state index contributed by atoms with van der Waals surface area (Å²) in [5, 5.41) is 2.96. The highest BCUT2D eigenvalue weighted by molar-refractivity contribution is 9.10. The summed E-state index contributed by atoms with van der Waals surface area (Å²) in [5.74, 6) is 0.443. The first-order valence-corrected chi connectivity index (χ1v) is 5.69. The van der Waals surface area contributed by atoms with Crippen molar-refractivity contribution >= 4 is 27.6 Å². The standard InChI is InChI=1S/C11H14BrNO3/c1-3-16-11(14)7-13-8-4-5-9(12)10(6-8)15-2/h4-6,13H,3,7H2,1-2H3. The van der Waals surface area contributed by atoms with Gasteiger partial charge in [-0.25, -0.2) is 0 Å². The van der Waals surface area contributed by atoms with Crippen LogP contribution in [-0.4, -0.2) is 26.2 Å². The van der Waals surface area contributed by atoms with E-state index >= 15 is 0 Å². The number of halogens is 1.